The predicted molar refractivity (Wildman–Crippen MR) is 55.1 cm³/mol. The molecular weight excluding hydrogens is 178 g/mol. The third kappa shape index (κ3) is 1.58. The van der Waals surface area contributed by atoms with Gasteiger partial charge in [0, 0.05) is 5.56 Å². The van der Waals surface area contributed by atoms with Gasteiger partial charge in [-0.2, -0.15) is 0 Å². The lowest BCUT2D eigenvalue weighted by Crippen LogP contribution is -2.01. The molecule has 0 bridgehead atoms. The van der Waals surface area contributed by atoms with E-state index in [9.17, 15) is 0 Å². The Hall–Kier alpha value is -1.51. The van der Waals surface area contributed by atoms with Gasteiger partial charge < -0.3 is 9.47 Å². The number of aryl methyl sites for hydroxylation is 1. The Labute approximate surface area is 83.4 Å². The summed E-state index contributed by atoms with van der Waals surface area (Å²) in [7, 11) is 1.67. The second kappa shape index (κ2) is 3.70. The molecule has 0 saturated heterocycles. The third-order valence-electron chi connectivity index (χ3n) is 2.24. The molecule has 0 aromatic heterocycles. The molecule has 1 aromatic rings. The monoisotopic (exact) mass is 191 g/mol. The van der Waals surface area contributed by atoms with Crippen molar-refractivity contribution in [3.05, 3.63) is 29.3 Å². The topological polar surface area (TPSA) is 30.8 Å². The second-order valence-corrected chi connectivity index (χ2v) is 3.22. The largest absolute Gasteiger partial charge is 0.496 e. The van der Waals surface area contributed by atoms with E-state index in [0.717, 1.165) is 29.3 Å². The minimum atomic E-state index is 0.686. The molecule has 0 atom stereocenters. The molecule has 3 heteroatoms. The van der Waals surface area contributed by atoms with Crippen molar-refractivity contribution in [2.45, 2.75) is 6.92 Å². The first kappa shape index (κ1) is 9.06. The highest BCUT2D eigenvalue weighted by Crippen LogP contribution is 2.20. The summed E-state index contributed by atoms with van der Waals surface area (Å²) in [4.78, 5) is 4.25. The molecule has 1 heterocycles. The van der Waals surface area contributed by atoms with Crippen molar-refractivity contribution in [1.82, 2.24) is 0 Å². The number of aliphatic imine (C=N–C) groups is 1. The van der Waals surface area contributed by atoms with Crippen LogP contribution in [0.3, 0.4) is 0 Å². The lowest BCUT2D eigenvalue weighted by atomic mass is 10.1. The molecule has 1 aromatic carbocycles. The van der Waals surface area contributed by atoms with Gasteiger partial charge in [0.15, 0.2) is 0 Å². The van der Waals surface area contributed by atoms with E-state index in [1.807, 2.05) is 25.1 Å². The van der Waals surface area contributed by atoms with Crippen LogP contribution in [0, 0.1) is 6.92 Å². The zero-order valence-electron chi connectivity index (χ0n) is 8.41. The van der Waals surface area contributed by atoms with Crippen LogP contribution in [-0.2, 0) is 4.74 Å². The average Bonchev–Trinajstić information content (AvgIpc) is 2.71. The zero-order chi connectivity index (χ0) is 9.97. The fourth-order valence-corrected chi connectivity index (χ4v) is 1.46. The molecule has 1 aliphatic rings. The fraction of sp³-hybridized carbons (Fsp3) is 0.364. The van der Waals surface area contributed by atoms with Crippen molar-refractivity contribution in [3.63, 3.8) is 0 Å². The molecule has 0 N–H and O–H groups in total. The summed E-state index contributed by atoms with van der Waals surface area (Å²) < 4.78 is 10.6. The summed E-state index contributed by atoms with van der Waals surface area (Å²) in [6, 6.07) is 5.97. The predicted octanol–water partition coefficient (Wildman–Crippen LogP) is 1.78. The highest BCUT2D eigenvalue weighted by Gasteiger charge is 2.11. The maximum Gasteiger partial charge on any atom is 0.216 e. The summed E-state index contributed by atoms with van der Waals surface area (Å²) in [6.07, 6.45) is 0. The Balaban J connectivity index is 2.35. The molecule has 2 rings (SSSR count). The van der Waals surface area contributed by atoms with Crippen molar-refractivity contribution in [2.24, 2.45) is 4.99 Å². The lowest BCUT2D eigenvalue weighted by molar-refractivity contribution is 0.348. The van der Waals surface area contributed by atoms with E-state index in [4.69, 9.17) is 9.47 Å². The van der Waals surface area contributed by atoms with E-state index in [2.05, 4.69) is 4.99 Å². The van der Waals surface area contributed by atoms with Crippen LogP contribution in [0.25, 0.3) is 0 Å². The molecule has 0 amide bonds. The Bertz CT molecular complexity index is 372. The van der Waals surface area contributed by atoms with E-state index in [-0.39, 0.29) is 0 Å². The van der Waals surface area contributed by atoms with Gasteiger partial charge >= 0.3 is 0 Å². The van der Waals surface area contributed by atoms with Gasteiger partial charge in [0.25, 0.3) is 0 Å². The molecule has 0 spiro atoms. The number of ether oxygens (including phenoxy) is 2. The standard InChI is InChI=1S/C11H13NO2/c1-8-3-4-9(7-10(8)13-2)11-12-5-6-14-11/h3-4,7H,5-6H2,1-2H3. The third-order valence-corrected chi connectivity index (χ3v) is 2.24. The SMILES string of the molecule is COc1cc(C2=NCCO2)ccc1C. The van der Waals surface area contributed by atoms with Gasteiger partial charge in [-0.25, -0.2) is 4.99 Å². The van der Waals surface area contributed by atoms with Crippen LogP contribution < -0.4 is 4.74 Å². The summed E-state index contributed by atoms with van der Waals surface area (Å²) in [5.74, 6) is 1.60. The van der Waals surface area contributed by atoms with Crippen LogP contribution >= 0.6 is 0 Å². The maximum absolute atomic E-state index is 5.37. The van der Waals surface area contributed by atoms with Crippen molar-refractivity contribution < 1.29 is 9.47 Å². The van der Waals surface area contributed by atoms with Crippen LogP contribution in [0.2, 0.25) is 0 Å². The minimum Gasteiger partial charge on any atom is -0.496 e. The summed E-state index contributed by atoms with van der Waals surface area (Å²) in [5, 5.41) is 0. The summed E-state index contributed by atoms with van der Waals surface area (Å²) in [5.41, 5.74) is 2.11. The molecular formula is C11H13NO2. The molecule has 1 aliphatic heterocycles. The van der Waals surface area contributed by atoms with Gasteiger partial charge in [-0.1, -0.05) is 6.07 Å². The first-order valence-corrected chi connectivity index (χ1v) is 4.63. The van der Waals surface area contributed by atoms with Gasteiger partial charge in [0.05, 0.1) is 13.7 Å². The highest BCUT2D eigenvalue weighted by molar-refractivity contribution is 5.95. The Morgan fingerprint density at radius 3 is 2.93 bits per heavy atom. The Morgan fingerprint density at radius 1 is 1.43 bits per heavy atom. The van der Waals surface area contributed by atoms with Gasteiger partial charge in [-0.05, 0) is 24.6 Å². The number of nitrogens with zero attached hydrogens (tertiary/aromatic N) is 1. The summed E-state index contributed by atoms with van der Waals surface area (Å²) >= 11 is 0. The quantitative estimate of drug-likeness (QED) is 0.713. The molecule has 0 aliphatic carbocycles. The van der Waals surface area contributed by atoms with Crippen molar-refractivity contribution in [2.75, 3.05) is 20.3 Å². The van der Waals surface area contributed by atoms with Crippen LogP contribution in [-0.4, -0.2) is 26.2 Å². The van der Waals surface area contributed by atoms with E-state index in [0.29, 0.717) is 6.61 Å². The smallest absolute Gasteiger partial charge is 0.216 e. The normalized spacial score (nSPS) is 14.9. The van der Waals surface area contributed by atoms with E-state index in [1.54, 1.807) is 7.11 Å². The van der Waals surface area contributed by atoms with E-state index >= 15 is 0 Å². The number of rotatable bonds is 2. The Morgan fingerprint density at radius 2 is 2.29 bits per heavy atom. The van der Waals surface area contributed by atoms with Crippen molar-refractivity contribution >= 4 is 5.90 Å². The number of benzene rings is 1. The zero-order valence-corrected chi connectivity index (χ0v) is 8.41. The van der Waals surface area contributed by atoms with E-state index in [1.165, 1.54) is 0 Å². The van der Waals surface area contributed by atoms with Gasteiger partial charge in [-0.3, -0.25) is 0 Å². The van der Waals surface area contributed by atoms with Crippen LogP contribution in [0.15, 0.2) is 23.2 Å². The van der Waals surface area contributed by atoms with Crippen LogP contribution in [0.4, 0.5) is 0 Å². The van der Waals surface area contributed by atoms with Crippen molar-refractivity contribution in [3.8, 4) is 5.75 Å². The van der Waals surface area contributed by atoms with Gasteiger partial charge in [0.1, 0.15) is 12.4 Å². The average molecular weight is 191 g/mol. The summed E-state index contributed by atoms with van der Waals surface area (Å²) in [6.45, 7) is 3.46. The fourth-order valence-electron chi connectivity index (χ4n) is 1.46. The van der Waals surface area contributed by atoms with Crippen LogP contribution in [0.1, 0.15) is 11.1 Å². The first-order valence-electron chi connectivity index (χ1n) is 4.63. The number of hydrogen-bond donors (Lipinski definition) is 0. The first-order chi connectivity index (χ1) is 6.81. The molecule has 3 nitrogen and oxygen atoms in total. The van der Waals surface area contributed by atoms with Gasteiger partial charge in [0.2, 0.25) is 5.90 Å². The maximum atomic E-state index is 5.37. The molecule has 74 valence electrons. The second-order valence-electron chi connectivity index (χ2n) is 3.22. The Kier molecular flexibility index (Phi) is 2.39. The highest BCUT2D eigenvalue weighted by atomic mass is 16.5. The molecule has 0 saturated carbocycles. The molecule has 0 fully saturated rings. The minimum absolute atomic E-state index is 0.686. The molecule has 14 heavy (non-hydrogen) atoms. The van der Waals surface area contributed by atoms with Gasteiger partial charge in [-0.15, -0.1) is 0 Å². The van der Waals surface area contributed by atoms with Crippen LogP contribution in [0.5, 0.6) is 5.75 Å². The van der Waals surface area contributed by atoms with E-state index < -0.39 is 0 Å². The lowest BCUT2D eigenvalue weighted by Gasteiger charge is -2.07. The number of methoxy groups -OCH3 is 1. The molecule has 0 radical (unpaired) electrons. The molecule has 0 unspecified atom stereocenters. The van der Waals surface area contributed by atoms with Crippen molar-refractivity contribution in [1.29, 1.82) is 0 Å². The number of hydrogen-bond acceptors (Lipinski definition) is 3.